The van der Waals surface area contributed by atoms with Crippen molar-refractivity contribution in [1.82, 2.24) is 25.4 Å². The van der Waals surface area contributed by atoms with Gasteiger partial charge in [0.2, 0.25) is 5.91 Å². The topological polar surface area (TPSA) is 88.9 Å². The van der Waals surface area contributed by atoms with E-state index < -0.39 is 6.03 Å². The van der Waals surface area contributed by atoms with Crippen LogP contribution in [0.15, 0.2) is 5.16 Å². The molecule has 1 aromatic rings. The molecule has 0 bridgehead atoms. The number of rotatable bonds is 6. The van der Waals surface area contributed by atoms with Gasteiger partial charge in [0.05, 0.1) is 5.75 Å². The third-order valence-electron chi connectivity index (χ3n) is 2.51. The van der Waals surface area contributed by atoms with Crippen LogP contribution in [-0.4, -0.2) is 39.0 Å². The van der Waals surface area contributed by atoms with Crippen molar-refractivity contribution in [2.45, 2.75) is 38.3 Å². The molecule has 3 amide bonds. The van der Waals surface area contributed by atoms with E-state index >= 15 is 0 Å². The van der Waals surface area contributed by atoms with Crippen LogP contribution < -0.4 is 10.6 Å². The summed E-state index contributed by atoms with van der Waals surface area (Å²) in [4.78, 5) is 22.9. The van der Waals surface area contributed by atoms with Crippen molar-refractivity contribution in [2.75, 3.05) is 12.3 Å². The first-order valence-electron chi connectivity index (χ1n) is 6.55. The fourth-order valence-corrected chi connectivity index (χ4v) is 2.25. The Morgan fingerprint density at radius 2 is 2.05 bits per heavy atom. The summed E-state index contributed by atoms with van der Waals surface area (Å²) < 4.78 is 1.86. The molecular formula is C12H21N5O2S. The van der Waals surface area contributed by atoms with Gasteiger partial charge in [-0.25, -0.2) is 4.79 Å². The summed E-state index contributed by atoms with van der Waals surface area (Å²) >= 11 is 1.26. The molecule has 0 aliphatic rings. The van der Waals surface area contributed by atoms with E-state index in [9.17, 15) is 9.59 Å². The van der Waals surface area contributed by atoms with E-state index in [1.807, 2.05) is 32.4 Å². The van der Waals surface area contributed by atoms with Gasteiger partial charge in [-0.2, -0.15) is 0 Å². The Kier molecular flexibility index (Phi) is 6.50. The van der Waals surface area contributed by atoms with Crippen LogP contribution in [0.3, 0.4) is 0 Å². The molecule has 20 heavy (non-hydrogen) atoms. The fourth-order valence-electron chi connectivity index (χ4n) is 1.53. The Hall–Kier alpha value is -1.57. The first-order valence-corrected chi connectivity index (χ1v) is 7.54. The van der Waals surface area contributed by atoms with Crippen molar-refractivity contribution in [2.24, 2.45) is 7.05 Å². The van der Waals surface area contributed by atoms with Crippen molar-refractivity contribution in [3.8, 4) is 0 Å². The van der Waals surface area contributed by atoms with E-state index in [-0.39, 0.29) is 17.6 Å². The zero-order chi connectivity index (χ0) is 15.1. The van der Waals surface area contributed by atoms with Gasteiger partial charge < -0.3 is 9.88 Å². The number of thioether (sulfide) groups is 1. The number of hydrogen-bond donors (Lipinski definition) is 2. The quantitative estimate of drug-likeness (QED) is 0.772. The van der Waals surface area contributed by atoms with E-state index in [4.69, 9.17) is 0 Å². The summed E-state index contributed by atoms with van der Waals surface area (Å²) in [7, 11) is 1.86. The average Bonchev–Trinajstić information content (AvgIpc) is 2.75. The van der Waals surface area contributed by atoms with E-state index in [0.29, 0.717) is 11.7 Å². The maximum Gasteiger partial charge on any atom is 0.321 e. The monoisotopic (exact) mass is 299 g/mol. The lowest BCUT2D eigenvalue weighted by Crippen LogP contribution is -2.40. The number of carbonyl (C=O) groups excluding carboxylic acids is 2. The molecule has 0 aliphatic heterocycles. The third kappa shape index (κ3) is 4.84. The number of carbonyl (C=O) groups is 2. The molecular weight excluding hydrogens is 278 g/mol. The first-order chi connectivity index (χ1) is 9.45. The Bertz CT molecular complexity index is 472. The first kappa shape index (κ1) is 16.5. The number of amides is 3. The second-order valence-electron chi connectivity index (χ2n) is 4.65. The molecule has 0 spiro atoms. The molecule has 0 fully saturated rings. The van der Waals surface area contributed by atoms with Gasteiger partial charge in [-0.3, -0.25) is 10.1 Å². The molecule has 1 heterocycles. The van der Waals surface area contributed by atoms with Gasteiger partial charge in [-0.1, -0.05) is 32.5 Å². The third-order valence-corrected chi connectivity index (χ3v) is 3.53. The van der Waals surface area contributed by atoms with Crippen LogP contribution >= 0.6 is 11.8 Å². The Morgan fingerprint density at radius 3 is 2.60 bits per heavy atom. The summed E-state index contributed by atoms with van der Waals surface area (Å²) in [5, 5.41) is 13.6. The Morgan fingerprint density at radius 1 is 1.35 bits per heavy atom. The number of nitrogens with one attached hydrogen (secondary N) is 2. The summed E-state index contributed by atoms with van der Waals surface area (Å²) in [6.45, 7) is 6.55. The smallest absolute Gasteiger partial charge is 0.321 e. The van der Waals surface area contributed by atoms with Gasteiger partial charge >= 0.3 is 6.03 Å². The molecule has 0 saturated heterocycles. The maximum absolute atomic E-state index is 11.6. The fraction of sp³-hybridized carbons (Fsp3) is 0.667. The lowest BCUT2D eigenvalue weighted by molar-refractivity contribution is -0.117. The van der Waals surface area contributed by atoms with Gasteiger partial charge in [-0.05, 0) is 6.42 Å². The number of aromatic nitrogens is 3. The molecule has 0 saturated carbocycles. The van der Waals surface area contributed by atoms with Gasteiger partial charge in [0, 0.05) is 19.5 Å². The molecule has 0 radical (unpaired) electrons. The Balaban J connectivity index is 2.43. The van der Waals surface area contributed by atoms with E-state index in [2.05, 4.69) is 20.8 Å². The Labute approximate surface area is 122 Å². The molecule has 0 unspecified atom stereocenters. The standard InChI is InChI=1S/C12H21N5O2S/c1-5-6-13-11(19)14-9(18)7-20-12-16-15-10(8(2)3)17(12)4/h8H,5-7H2,1-4H3,(H2,13,14,18,19). The highest BCUT2D eigenvalue weighted by molar-refractivity contribution is 7.99. The molecule has 2 N–H and O–H groups in total. The van der Waals surface area contributed by atoms with Crippen LogP contribution in [0.4, 0.5) is 4.79 Å². The highest BCUT2D eigenvalue weighted by Gasteiger charge is 2.14. The second-order valence-corrected chi connectivity index (χ2v) is 5.59. The predicted molar refractivity (Wildman–Crippen MR) is 77.6 cm³/mol. The number of imide groups is 1. The van der Waals surface area contributed by atoms with Crippen molar-refractivity contribution in [1.29, 1.82) is 0 Å². The van der Waals surface area contributed by atoms with Gasteiger partial charge in [0.25, 0.3) is 0 Å². The average molecular weight is 299 g/mol. The van der Waals surface area contributed by atoms with Crippen LogP contribution in [-0.2, 0) is 11.8 Å². The van der Waals surface area contributed by atoms with E-state index in [0.717, 1.165) is 12.2 Å². The summed E-state index contributed by atoms with van der Waals surface area (Å²) in [5.41, 5.74) is 0. The maximum atomic E-state index is 11.6. The highest BCUT2D eigenvalue weighted by Crippen LogP contribution is 2.19. The normalized spacial score (nSPS) is 10.7. The SMILES string of the molecule is CCCNC(=O)NC(=O)CSc1nnc(C(C)C)n1C. The summed E-state index contributed by atoms with van der Waals surface area (Å²) in [6, 6.07) is -0.460. The molecule has 1 rings (SSSR count). The van der Waals surface area contributed by atoms with Crippen LogP contribution in [0.25, 0.3) is 0 Å². The molecule has 0 aliphatic carbocycles. The number of hydrogen-bond acceptors (Lipinski definition) is 5. The van der Waals surface area contributed by atoms with Gasteiger partial charge in [0.1, 0.15) is 5.82 Å². The lowest BCUT2D eigenvalue weighted by Gasteiger charge is -2.06. The summed E-state index contributed by atoms with van der Waals surface area (Å²) in [5.74, 6) is 0.922. The van der Waals surface area contributed by atoms with E-state index in [1.165, 1.54) is 11.8 Å². The number of nitrogens with zero attached hydrogens (tertiary/aromatic N) is 3. The molecule has 7 nitrogen and oxygen atoms in total. The molecule has 0 atom stereocenters. The van der Waals surface area contributed by atoms with Crippen molar-refractivity contribution < 1.29 is 9.59 Å². The van der Waals surface area contributed by atoms with Gasteiger partial charge in [0.15, 0.2) is 5.16 Å². The largest absolute Gasteiger partial charge is 0.338 e. The minimum absolute atomic E-state index is 0.129. The highest BCUT2D eigenvalue weighted by atomic mass is 32.2. The second kappa shape index (κ2) is 7.88. The van der Waals surface area contributed by atoms with Crippen LogP contribution in [0.2, 0.25) is 0 Å². The zero-order valence-corrected chi connectivity index (χ0v) is 13.1. The van der Waals surface area contributed by atoms with Gasteiger partial charge in [-0.15, -0.1) is 10.2 Å². The number of urea groups is 1. The molecule has 1 aromatic heterocycles. The minimum atomic E-state index is -0.460. The molecule has 112 valence electrons. The lowest BCUT2D eigenvalue weighted by atomic mass is 10.2. The minimum Gasteiger partial charge on any atom is -0.338 e. The van der Waals surface area contributed by atoms with Crippen molar-refractivity contribution in [3.63, 3.8) is 0 Å². The van der Waals surface area contributed by atoms with Crippen LogP contribution in [0, 0.1) is 0 Å². The van der Waals surface area contributed by atoms with Crippen LogP contribution in [0.5, 0.6) is 0 Å². The molecule has 8 heteroatoms. The van der Waals surface area contributed by atoms with Crippen molar-refractivity contribution in [3.05, 3.63) is 5.82 Å². The predicted octanol–water partition coefficient (Wildman–Crippen LogP) is 1.27. The van der Waals surface area contributed by atoms with Crippen LogP contribution in [0.1, 0.15) is 38.9 Å². The molecule has 0 aromatic carbocycles. The van der Waals surface area contributed by atoms with E-state index in [1.54, 1.807) is 0 Å². The zero-order valence-electron chi connectivity index (χ0n) is 12.3. The van der Waals surface area contributed by atoms with Crippen molar-refractivity contribution >= 4 is 23.7 Å². The summed E-state index contributed by atoms with van der Waals surface area (Å²) in [6.07, 6.45) is 0.827.